The van der Waals surface area contributed by atoms with Gasteiger partial charge in [0.1, 0.15) is 4.60 Å². The predicted molar refractivity (Wildman–Crippen MR) is 66.6 cm³/mol. The van der Waals surface area contributed by atoms with E-state index in [9.17, 15) is 4.79 Å². The summed E-state index contributed by atoms with van der Waals surface area (Å²) in [5.74, 6) is -0.121. The summed E-state index contributed by atoms with van der Waals surface area (Å²) in [7, 11) is 0. The topological polar surface area (TPSA) is 70.7 Å². The molecule has 0 aliphatic rings. The number of amides is 1. The molecule has 2 heterocycles. The summed E-state index contributed by atoms with van der Waals surface area (Å²) in [5.41, 5.74) is 1.55. The van der Waals surface area contributed by atoms with Crippen LogP contribution in [0.3, 0.4) is 0 Å². The smallest absolute Gasteiger partial charge is 0.252 e. The second kappa shape index (κ2) is 5.58. The number of nitrogens with zero attached hydrogens (tertiary/aromatic N) is 2. The maximum Gasteiger partial charge on any atom is 0.252 e. The van der Waals surface area contributed by atoms with Crippen molar-refractivity contribution in [2.24, 2.45) is 0 Å². The largest absolute Gasteiger partial charge is 0.352 e. The van der Waals surface area contributed by atoms with Crippen molar-refractivity contribution in [3.05, 3.63) is 46.7 Å². The van der Waals surface area contributed by atoms with E-state index >= 15 is 0 Å². The number of pyridine rings is 1. The molecule has 5 nitrogen and oxygen atoms in total. The zero-order valence-corrected chi connectivity index (χ0v) is 10.6. The van der Waals surface area contributed by atoms with Gasteiger partial charge in [0, 0.05) is 31.1 Å². The molecule has 0 aliphatic carbocycles. The molecule has 0 aromatic carbocycles. The monoisotopic (exact) mass is 294 g/mol. The average molecular weight is 295 g/mol. The first-order chi connectivity index (χ1) is 8.25. The molecule has 2 N–H and O–H groups in total. The predicted octanol–water partition coefficient (Wildman–Crippen LogP) is 1.54. The molecule has 0 radical (unpaired) electrons. The van der Waals surface area contributed by atoms with Crippen LogP contribution >= 0.6 is 15.9 Å². The number of halogens is 1. The van der Waals surface area contributed by atoms with E-state index in [0.29, 0.717) is 16.7 Å². The van der Waals surface area contributed by atoms with Crippen molar-refractivity contribution in [3.8, 4) is 0 Å². The van der Waals surface area contributed by atoms with Crippen LogP contribution in [-0.2, 0) is 6.42 Å². The Balaban J connectivity index is 1.83. The maximum absolute atomic E-state index is 11.7. The number of carbonyl (C=O) groups excluding carboxylic acids is 1. The molecule has 0 fully saturated rings. The van der Waals surface area contributed by atoms with Gasteiger partial charge in [-0.2, -0.15) is 0 Å². The van der Waals surface area contributed by atoms with Crippen LogP contribution in [0, 0.1) is 0 Å². The lowest BCUT2D eigenvalue weighted by atomic mass is 10.2. The minimum atomic E-state index is -0.121. The summed E-state index contributed by atoms with van der Waals surface area (Å²) in [6.45, 7) is 0.567. The van der Waals surface area contributed by atoms with Gasteiger partial charge in [0.25, 0.3) is 5.91 Å². The summed E-state index contributed by atoms with van der Waals surface area (Å²) in [5, 5.41) is 2.81. The number of nitrogens with one attached hydrogen (secondary N) is 2. The highest BCUT2D eigenvalue weighted by Crippen LogP contribution is 2.06. The van der Waals surface area contributed by atoms with E-state index in [1.165, 1.54) is 6.20 Å². The van der Waals surface area contributed by atoms with Crippen molar-refractivity contribution >= 4 is 21.8 Å². The molecular weight excluding hydrogens is 284 g/mol. The third kappa shape index (κ3) is 3.39. The fourth-order valence-corrected chi connectivity index (χ4v) is 1.58. The average Bonchev–Trinajstić information content (AvgIpc) is 2.83. The first kappa shape index (κ1) is 11.8. The van der Waals surface area contributed by atoms with Gasteiger partial charge in [0.2, 0.25) is 0 Å². The number of rotatable bonds is 4. The van der Waals surface area contributed by atoms with Crippen LogP contribution in [0.1, 0.15) is 16.1 Å². The van der Waals surface area contributed by atoms with Crippen molar-refractivity contribution in [1.29, 1.82) is 0 Å². The van der Waals surface area contributed by atoms with Gasteiger partial charge < -0.3 is 10.3 Å². The number of aromatic nitrogens is 3. The van der Waals surface area contributed by atoms with Crippen molar-refractivity contribution in [2.45, 2.75) is 6.42 Å². The van der Waals surface area contributed by atoms with E-state index < -0.39 is 0 Å². The Morgan fingerprint density at radius 3 is 2.94 bits per heavy atom. The molecule has 88 valence electrons. The normalized spacial score (nSPS) is 10.2. The van der Waals surface area contributed by atoms with E-state index in [1.807, 2.05) is 0 Å². The van der Waals surface area contributed by atoms with Crippen molar-refractivity contribution in [3.63, 3.8) is 0 Å². The van der Waals surface area contributed by atoms with E-state index in [2.05, 4.69) is 36.2 Å². The molecule has 17 heavy (non-hydrogen) atoms. The molecule has 0 unspecified atom stereocenters. The van der Waals surface area contributed by atoms with E-state index in [4.69, 9.17) is 0 Å². The molecule has 0 saturated heterocycles. The zero-order chi connectivity index (χ0) is 12.1. The number of aromatic amines is 1. The lowest BCUT2D eigenvalue weighted by molar-refractivity contribution is 0.0953. The Labute approximate surface area is 107 Å². The number of hydrogen-bond donors (Lipinski definition) is 2. The molecule has 2 aromatic rings. The van der Waals surface area contributed by atoms with Crippen molar-refractivity contribution < 1.29 is 4.79 Å². The summed E-state index contributed by atoms with van der Waals surface area (Å²) < 4.78 is 0.714. The molecule has 6 heteroatoms. The van der Waals surface area contributed by atoms with Gasteiger partial charge in [0.15, 0.2) is 0 Å². The zero-order valence-electron chi connectivity index (χ0n) is 8.98. The van der Waals surface area contributed by atoms with Gasteiger partial charge in [-0.05, 0) is 28.1 Å². The van der Waals surface area contributed by atoms with Gasteiger partial charge in [-0.15, -0.1) is 0 Å². The van der Waals surface area contributed by atoms with Crippen LogP contribution < -0.4 is 5.32 Å². The lowest BCUT2D eigenvalue weighted by Crippen LogP contribution is -2.25. The highest BCUT2D eigenvalue weighted by Gasteiger charge is 2.05. The quantitative estimate of drug-likeness (QED) is 0.841. The second-order valence-electron chi connectivity index (χ2n) is 3.45. The molecule has 0 atom stereocenters. The van der Waals surface area contributed by atoms with Crippen LogP contribution in [-0.4, -0.2) is 27.4 Å². The van der Waals surface area contributed by atoms with E-state index in [1.54, 1.807) is 24.7 Å². The van der Waals surface area contributed by atoms with Gasteiger partial charge in [-0.3, -0.25) is 4.79 Å². The molecule has 0 saturated carbocycles. The number of imidazole rings is 1. The Kier molecular flexibility index (Phi) is 3.87. The highest BCUT2D eigenvalue weighted by molar-refractivity contribution is 9.10. The fraction of sp³-hybridized carbons (Fsp3) is 0.182. The van der Waals surface area contributed by atoms with E-state index in [0.717, 1.165) is 12.1 Å². The van der Waals surface area contributed by atoms with Crippen LogP contribution in [0.5, 0.6) is 0 Å². The highest BCUT2D eigenvalue weighted by atomic mass is 79.9. The first-order valence-corrected chi connectivity index (χ1v) is 5.92. The minimum Gasteiger partial charge on any atom is -0.352 e. The molecule has 2 aromatic heterocycles. The van der Waals surface area contributed by atoms with Gasteiger partial charge in [-0.1, -0.05) is 0 Å². The lowest BCUT2D eigenvalue weighted by Gasteiger charge is -2.03. The SMILES string of the molecule is O=C(NCCc1cnc[nH]1)c1ccc(Br)nc1. The van der Waals surface area contributed by atoms with Gasteiger partial charge in [-0.25, -0.2) is 9.97 Å². The molecular formula is C11H11BrN4O. The molecule has 1 amide bonds. The third-order valence-electron chi connectivity index (χ3n) is 2.22. The molecule has 0 aliphatic heterocycles. The molecule has 0 bridgehead atoms. The summed E-state index contributed by atoms with van der Waals surface area (Å²) in [6.07, 6.45) is 5.63. The third-order valence-corrected chi connectivity index (χ3v) is 2.69. The van der Waals surface area contributed by atoms with Crippen LogP contribution in [0.2, 0.25) is 0 Å². The Hall–Kier alpha value is -1.69. The standard InChI is InChI=1S/C11H11BrN4O/c12-10-2-1-8(5-15-10)11(17)14-4-3-9-6-13-7-16-9/h1-2,5-7H,3-4H2,(H,13,16)(H,14,17). The minimum absolute atomic E-state index is 0.121. The Morgan fingerprint density at radius 2 is 2.29 bits per heavy atom. The molecule has 2 rings (SSSR count). The Morgan fingerprint density at radius 1 is 1.41 bits per heavy atom. The maximum atomic E-state index is 11.7. The Bertz CT molecular complexity index is 481. The second-order valence-corrected chi connectivity index (χ2v) is 4.26. The van der Waals surface area contributed by atoms with Gasteiger partial charge in [0.05, 0.1) is 11.9 Å². The summed E-state index contributed by atoms with van der Waals surface area (Å²) in [4.78, 5) is 22.6. The van der Waals surface area contributed by atoms with Crippen LogP contribution in [0.15, 0.2) is 35.5 Å². The van der Waals surface area contributed by atoms with E-state index in [-0.39, 0.29) is 5.91 Å². The summed E-state index contributed by atoms with van der Waals surface area (Å²) in [6, 6.07) is 3.46. The fourth-order valence-electron chi connectivity index (χ4n) is 1.34. The number of carbonyl (C=O) groups is 1. The summed E-state index contributed by atoms with van der Waals surface area (Å²) >= 11 is 3.22. The van der Waals surface area contributed by atoms with Gasteiger partial charge >= 0.3 is 0 Å². The first-order valence-electron chi connectivity index (χ1n) is 5.13. The van der Waals surface area contributed by atoms with Crippen LogP contribution in [0.4, 0.5) is 0 Å². The van der Waals surface area contributed by atoms with Crippen LogP contribution in [0.25, 0.3) is 0 Å². The molecule has 0 spiro atoms. The number of H-pyrrole nitrogens is 1. The number of hydrogen-bond acceptors (Lipinski definition) is 3. The van der Waals surface area contributed by atoms with Crippen molar-refractivity contribution in [2.75, 3.05) is 6.54 Å². The van der Waals surface area contributed by atoms with Crippen molar-refractivity contribution in [1.82, 2.24) is 20.3 Å².